The highest BCUT2D eigenvalue weighted by Gasteiger charge is 2.42. The molecule has 2 fully saturated rings. The van der Waals surface area contributed by atoms with Gasteiger partial charge in [-0.3, -0.25) is 4.79 Å². The molecular weight excluding hydrogens is 555 g/mol. The van der Waals surface area contributed by atoms with Crippen LogP contribution in [0, 0.1) is 5.92 Å². The highest BCUT2D eigenvalue weighted by atomic mass is 19.4. The number of nitrogens with zero attached hydrogens (tertiary/aromatic N) is 4. The number of carboxylic acids is 1. The summed E-state index contributed by atoms with van der Waals surface area (Å²) in [5, 5.41) is 11.5. The van der Waals surface area contributed by atoms with E-state index in [0.29, 0.717) is 38.6 Å². The van der Waals surface area contributed by atoms with Crippen LogP contribution in [-0.4, -0.2) is 59.2 Å². The van der Waals surface area contributed by atoms with Gasteiger partial charge in [0, 0.05) is 26.2 Å². The van der Waals surface area contributed by atoms with Crippen molar-refractivity contribution in [2.75, 3.05) is 41.3 Å². The van der Waals surface area contributed by atoms with Crippen molar-refractivity contribution in [1.29, 1.82) is 0 Å². The van der Waals surface area contributed by atoms with Gasteiger partial charge in [0.25, 0.3) is 11.9 Å². The van der Waals surface area contributed by atoms with Gasteiger partial charge in [0.15, 0.2) is 5.69 Å². The topological polar surface area (TPSA) is 121 Å². The molecule has 0 radical (unpaired) electrons. The molecule has 2 N–H and O–H groups in total. The lowest BCUT2D eigenvalue weighted by molar-refractivity contribution is -0.141. The minimum Gasteiger partial charge on any atom is -0.478 e. The fourth-order valence-electron chi connectivity index (χ4n) is 5.20. The normalized spacial score (nSPS) is 18.2. The number of carbonyl (C=O) groups is 2. The van der Waals surface area contributed by atoms with Gasteiger partial charge in [-0.15, -0.1) is 0 Å². The molecule has 2 aliphatic rings. The van der Waals surface area contributed by atoms with E-state index in [4.69, 9.17) is 14.3 Å². The van der Waals surface area contributed by atoms with Gasteiger partial charge in [-0.2, -0.15) is 18.2 Å². The molecular formula is C29H32F3N5O5. The van der Waals surface area contributed by atoms with E-state index in [0.717, 1.165) is 31.2 Å². The molecule has 224 valence electrons. The lowest BCUT2D eigenvalue weighted by atomic mass is 10.0. The molecule has 2 saturated heterocycles. The first kappa shape index (κ1) is 29.4. The second-order valence-electron chi connectivity index (χ2n) is 10.7. The number of nitrogens with one attached hydrogen (secondary N) is 1. The molecule has 1 aromatic carbocycles. The van der Waals surface area contributed by atoms with Gasteiger partial charge in [-0.1, -0.05) is 19.1 Å². The molecule has 4 heterocycles. The Morgan fingerprint density at radius 1 is 1.07 bits per heavy atom. The van der Waals surface area contributed by atoms with Crippen molar-refractivity contribution in [2.24, 2.45) is 5.92 Å². The summed E-state index contributed by atoms with van der Waals surface area (Å²) in [4.78, 5) is 35.6. The average molecular weight is 588 g/mol. The number of amides is 1. The van der Waals surface area contributed by atoms with E-state index in [1.165, 1.54) is 6.20 Å². The van der Waals surface area contributed by atoms with Crippen LogP contribution in [0.2, 0.25) is 0 Å². The molecule has 3 aromatic rings. The summed E-state index contributed by atoms with van der Waals surface area (Å²) < 4.78 is 52.5. The first-order chi connectivity index (χ1) is 20.1. The van der Waals surface area contributed by atoms with E-state index in [2.05, 4.69) is 20.2 Å². The molecule has 1 atom stereocenters. The zero-order valence-corrected chi connectivity index (χ0v) is 23.1. The number of pyridine rings is 1. The average Bonchev–Trinajstić information content (AvgIpc) is 3.44. The van der Waals surface area contributed by atoms with Gasteiger partial charge in [0.1, 0.15) is 5.82 Å². The van der Waals surface area contributed by atoms with Crippen LogP contribution in [-0.2, 0) is 17.5 Å². The Bertz CT molecular complexity index is 1390. The van der Waals surface area contributed by atoms with Gasteiger partial charge in [0.2, 0.25) is 5.76 Å². The van der Waals surface area contributed by atoms with Crippen molar-refractivity contribution in [3.05, 3.63) is 65.2 Å². The van der Waals surface area contributed by atoms with Crippen LogP contribution in [0.5, 0.6) is 0 Å². The SMILES string of the molecule is CC1CCCN(c2nc(C(F)(F)F)c(C(=O)Nc3ccc(N4CCC(OCc5ccc(C(=O)O)cc5)CC4)nc3)o2)C1. The number of anilines is 3. The van der Waals surface area contributed by atoms with Gasteiger partial charge < -0.3 is 29.4 Å². The molecule has 1 amide bonds. The molecule has 5 rings (SSSR count). The first-order valence-electron chi connectivity index (χ1n) is 13.9. The summed E-state index contributed by atoms with van der Waals surface area (Å²) in [7, 11) is 0. The Balaban J connectivity index is 1.15. The third-order valence-corrected chi connectivity index (χ3v) is 7.48. The number of aromatic nitrogens is 2. The van der Waals surface area contributed by atoms with E-state index in [1.54, 1.807) is 41.3 Å². The predicted molar refractivity (Wildman–Crippen MR) is 148 cm³/mol. The maximum atomic E-state index is 13.7. The van der Waals surface area contributed by atoms with Crippen molar-refractivity contribution < 1.29 is 37.0 Å². The molecule has 2 aromatic heterocycles. The number of ether oxygens (including phenoxy) is 1. The maximum absolute atomic E-state index is 13.7. The molecule has 0 saturated carbocycles. The summed E-state index contributed by atoms with van der Waals surface area (Å²) >= 11 is 0. The number of carboxylic acid groups (broad SMARTS) is 1. The van der Waals surface area contributed by atoms with Gasteiger partial charge in [0.05, 0.1) is 30.2 Å². The van der Waals surface area contributed by atoms with Crippen LogP contribution in [0.3, 0.4) is 0 Å². The second-order valence-corrected chi connectivity index (χ2v) is 10.7. The number of benzene rings is 1. The number of aromatic carboxylic acids is 1. The molecule has 0 spiro atoms. The highest BCUT2D eigenvalue weighted by Crippen LogP contribution is 2.35. The van der Waals surface area contributed by atoms with Crippen LogP contribution in [0.4, 0.5) is 30.7 Å². The van der Waals surface area contributed by atoms with Crippen LogP contribution in [0.1, 0.15) is 64.8 Å². The van der Waals surface area contributed by atoms with Crippen molar-refractivity contribution >= 4 is 29.4 Å². The minimum absolute atomic E-state index is 0.0433. The van der Waals surface area contributed by atoms with Crippen molar-refractivity contribution in [2.45, 2.75) is 51.5 Å². The lowest BCUT2D eigenvalue weighted by Crippen LogP contribution is -2.37. The monoisotopic (exact) mass is 587 g/mol. The Morgan fingerprint density at radius 3 is 2.43 bits per heavy atom. The zero-order valence-electron chi connectivity index (χ0n) is 23.1. The number of hydrogen-bond donors (Lipinski definition) is 2. The number of hydrogen-bond acceptors (Lipinski definition) is 8. The Labute approximate surface area is 240 Å². The summed E-state index contributed by atoms with van der Waals surface area (Å²) in [6, 6.07) is 9.67. The van der Waals surface area contributed by atoms with E-state index < -0.39 is 29.5 Å². The van der Waals surface area contributed by atoms with Crippen LogP contribution in [0.15, 0.2) is 47.0 Å². The summed E-state index contributed by atoms with van der Waals surface area (Å²) in [5.41, 5.74) is 0.00586. The van der Waals surface area contributed by atoms with E-state index in [-0.39, 0.29) is 29.3 Å². The van der Waals surface area contributed by atoms with E-state index in [1.807, 2.05) is 6.92 Å². The van der Waals surface area contributed by atoms with Crippen LogP contribution in [0.25, 0.3) is 0 Å². The van der Waals surface area contributed by atoms with Crippen LogP contribution >= 0.6 is 0 Å². The fraction of sp³-hybridized carbons (Fsp3) is 0.448. The molecule has 0 bridgehead atoms. The van der Waals surface area contributed by atoms with Gasteiger partial charge in [-0.05, 0) is 61.4 Å². The number of halogens is 3. The second kappa shape index (κ2) is 12.4. The Kier molecular flexibility index (Phi) is 8.66. The number of oxazole rings is 1. The smallest absolute Gasteiger partial charge is 0.437 e. The number of piperidine rings is 2. The maximum Gasteiger partial charge on any atom is 0.437 e. The molecule has 0 aliphatic carbocycles. The third kappa shape index (κ3) is 7.01. The summed E-state index contributed by atoms with van der Waals surface area (Å²) in [6.07, 6.45) is -0.111. The molecule has 10 nitrogen and oxygen atoms in total. The molecule has 42 heavy (non-hydrogen) atoms. The highest BCUT2D eigenvalue weighted by molar-refractivity contribution is 6.03. The first-order valence-corrected chi connectivity index (χ1v) is 13.9. The summed E-state index contributed by atoms with van der Waals surface area (Å²) in [6.45, 7) is 4.79. The van der Waals surface area contributed by atoms with Crippen molar-refractivity contribution in [3.8, 4) is 0 Å². The zero-order chi connectivity index (χ0) is 29.9. The number of carbonyl (C=O) groups excluding carboxylic acids is 1. The number of alkyl halides is 3. The molecule has 13 heteroatoms. The van der Waals surface area contributed by atoms with Gasteiger partial charge in [-0.25, -0.2) is 9.78 Å². The van der Waals surface area contributed by atoms with E-state index >= 15 is 0 Å². The predicted octanol–water partition coefficient (Wildman–Crippen LogP) is 5.46. The van der Waals surface area contributed by atoms with E-state index in [9.17, 15) is 22.8 Å². The third-order valence-electron chi connectivity index (χ3n) is 7.48. The van der Waals surface area contributed by atoms with Gasteiger partial charge >= 0.3 is 12.1 Å². The van der Waals surface area contributed by atoms with Crippen molar-refractivity contribution in [1.82, 2.24) is 9.97 Å². The number of rotatable bonds is 8. The summed E-state index contributed by atoms with van der Waals surface area (Å²) in [5.74, 6) is -1.94. The molecule has 2 aliphatic heterocycles. The Morgan fingerprint density at radius 2 is 1.81 bits per heavy atom. The Hall–Kier alpha value is -4.13. The van der Waals surface area contributed by atoms with Crippen molar-refractivity contribution in [3.63, 3.8) is 0 Å². The van der Waals surface area contributed by atoms with Crippen LogP contribution < -0.4 is 15.1 Å². The lowest BCUT2D eigenvalue weighted by Gasteiger charge is -2.32. The minimum atomic E-state index is -4.85. The fourth-order valence-corrected chi connectivity index (χ4v) is 5.20. The standard InChI is InChI=1S/C29H32F3N5O5/c1-18-3-2-12-37(16-18)28-35-25(29(30,31)32)24(42-28)26(38)34-21-8-9-23(33-15-21)36-13-10-22(11-14-36)41-17-19-4-6-20(7-5-19)27(39)40/h4-9,15,18,22H,2-3,10-14,16-17H2,1H3,(H,34,38)(H,39,40). The molecule has 1 unspecified atom stereocenters. The largest absolute Gasteiger partial charge is 0.478 e. The quantitative estimate of drug-likeness (QED) is 0.354.